The van der Waals surface area contributed by atoms with Gasteiger partial charge in [-0.05, 0) is 35.4 Å². The van der Waals surface area contributed by atoms with Crippen LogP contribution in [-0.4, -0.2) is 24.4 Å². The highest BCUT2D eigenvalue weighted by atomic mass is 35.5. The molecule has 0 aromatic heterocycles. The van der Waals surface area contributed by atoms with Crippen molar-refractivity contribution in [2.75, 3.05) is 6.54 Å². The lowest BCUT2D eigenvalue weighted by molar-refractivity contribution is -0.114. The summed E-state index contributed by atoms with van der Waals surface area (Å²) in [6, 6.07) is 16.2. The highest BCUT2D eigenvalue weighted by Crippen LogP contribution is 2.22. The minimum atomic E-state index is -0.366. The number of nitriles is 1. The largest absolute Gasteiger partial charge is 0.309 e. The van der Waals surface area contributed by atoms with Crippen molar-refractivity contribution < 1.29 is 4.79 Å². The van der Waals surface area contributed by atoms with Gasteiger partial charge in [0.05, 0.1) is 23.8 Å². The molecule has 7 heteroatoms. The number of nitrogens with zero attached hydrogens (tertiary/aromatic N) is 3. The van der Waals surface area contributed by atoms with Crippen LogP contribution in [0.2, 0.25) is 5.02 Å². The van der Waals surface area contributed by atoms with Crippen LogP contribution in [0.4, 0.5) is 0 Å². The lowest BCUT2D eigenvalue weighted by Gasteiger charge is -2.11. The Bertz CT molecular complexity index is 866. The van der Waals surface area contributed by atoms with E-state index >= 15 is 0 Å². The third-order valence-corrected chi connectivity index (χ3v) is 4.00. The first-order valence-electron chi connectivity index (χ1n) is 7.57. The lowest BCUT2D eigenvalue weighted by atomic mass is 9.94. The molecule has 1 atom stereocenters. The van der Waals surface area contributed by atoms with Crippen molar-refractivity contribution in [3.63, 3.8) is 0 Å². The molecule has 3 rings (SSSR count). The molecule has 1 unspecified atom stereocenters. The Labute approximate surface area is 149 Å². The van der Waals surface area contributed by atoms with Crippen molar-refractivity contribution in [3.8, 4) is 6.07 Å². The SMILES string of the molecule is N#Cc1ccc(/C=N\NC(=O)C2=NNCC2c2ccc(Cl)cc2)cc1. The number of benzene rings is 2. The summed E-state index contributed by atoms with van der Waals surface area (Å²) in [5.41, 5.74) is 8.01. The van der Waals surface area contributed by atoms with Gasteiger partial charge in [0.2, 0.25) is 0 Å². The predicted molar refractivity (Wildman–Crippen MR) is 96.5 cm³/mol. The first-order valence-corrected chi connectivity index (χ1v) is 7.94. The molecule has 1 aliphatic heterocycles. The highest BCUT2D eigenvalue weighted by molar-refractivity contribution is 6.41. The van der Waals surface area contributed by atoms with E-state index in [0.717, 1.165) is 11.1 Å². The first-order chi connectivity index (χ1) is 12.2. The second kappa shape index (κ2) is 7.60. The number of hydrogen-bond donors (Lipinski definition) is 2. The Morgan fingerprint density at radius 2 is 2.00 bits per heavy atom. The number of nitrogens with one attached hydrogen (secondary N) is 2. The summed E-state index contributed by atoms with van der Waals surface area (Å²) >= 11 is 5.90. The third kappa shape index (κ3) is 4.03. The van der Waals surface area contributed by atoms with Gasteiger partial charge in [-0.15, -0.1) is 0 Å². The van der Waals surface area contributed by atoms with Crippen molar-refractivity contribution in [2.45, 2.75) is 5.92 Å². The number of carbonyl (C=O) groups excluding carboxylic acids is 1. The molecule has 1 amide bonds. The minimum Gasteiger partial charge on any atom is -0.309 e. The molecule has 0 bridgehead atoms. The molecule has 6 nitrogen and oxygen atoms in total. The van der Waals surface area contributed by atoms with E-state index in [1.165, 1.54) is 6.21 Å². The zero-order valence-corrected chi connectivity index (χ0v) is 13.9. The summed E-state index contributed by atoms with van der Waals surface area (Å²) in [6.45, 7) is 0.545. The van der Waals surface area contributed by atoms with Gasteiger partial charge >= 0.3 is 0 Å². The van der Waals surface area contributed by atoms with Gasteiger partial charge in [0.1, 0.15) is 5.71 Å². The molecule has 124 valence electrons. The fraction of sp³-hybridized carbons (Fsp3) is 0.111. The molecule has 0 saturated heterocycles. The Kier molecular flexibility index (Phi) is 5.07. The number of halogens is 1. The lowest BCUT2D eigenvalue weighted by Crippen LogP contribution is -2.30. The van der Waals surface area contributed by atoms with Crippen LogP contribution in [0.25, 0.3) is 0 Å². The van der Waals surface area contributed by atoms with Crippen LogP contribution in [0.5, 0.6) is 0 Å². The van der Waals surface area contributed by atoms with E-state index in [-0.39, 0.29) is 11.8 Å². The van der Waals surface area contributed by atoms with E-state index in [1.54, 1.807) is 36.4 Å². The van der Waals surface area contributed by atoms with E-state index in [0.29, 0.717) is 22.8 Å². The van der Waals surface area contributed by atoms with Gasteiger partial charge in [-0.1, -0.05) is 35.9 Å². The highest BCUT2D eigenvalue weighted by Gasteiger charge is 2.28. The van der Waals surface area contributed by atoms with E-state index in [4.69, 9.17) is 16.9 Å². The fourth-order valence-corrected chi connectivity index (χ4v) is 2.57. The van der Waals surface area contributed by atoms with Gasteiger partial charge in [-0.3, -0.25) is 4.79 Å². The van der Waals surface area contributed by atoms with Crippen molar-refractivity contribution >= 4 is 29.4 Å². The average molecular weight is 352 g/mol. The van der Waals surface area contributed by atoms with Crippen molar-refractivity contribution in [1.29, 1.82) is 5.26 Å². The molecule has 0 aliphatic carbocycles. The van der Waals surface area contributed by atoms with E-state index in [2.05, 4.69) is 21.1 Å². The minimum absolute atomic E-state index is 0.151. The summed E-state index contributed by atoms with van der Waals surface area (Å²) in [7, 11) is 0. The van der Waals surface area contributed by atoms with Crippen molar-refractivity contribution in [1.82, 2.24) is 10.9 Å². The second-order valence-electron chi connectivity index (χ2n) is 5.40. The normalized spacial score (nSPS) is 16.2. The molecule has 1 aliphatic rings. The molecule has 0 fully saturated rings. The van der Waals surface area contributed by atoms with Crippen molar-refractivity contribution in [3.05, 3.63) is 70.2 Å². The summed E-state index contributed by atoms with van der Waals surface area (Å²) in [5, 5.41) is 17.4. The smallest absolute Gasteiger partial charge is 0.288 e. The Balaban J connectivity index is 1.64. The van der Waals surface area contributed by atoms with Gasteiger partial charge in [0.15, 0.2) is 0 Å². The molecular formula is C18H14ClN5O. The van der Waals surface area contributed by atoms with Crippen LogP contribution in [0.1, 0.15) is 22.6 Å². The summed E-state index contributed by atoms with van der Waals surface area (Å²) in [4.78, 5) is 12.3. The maximum atomic E-state index is 12.3. The zero-order chi connectivity index (χ0) is 17.6. The Morgan fingerprint density at radius 3 is 2.68 bits per heavy atom. The topological polar surface area (TPSA) is 89.6 Å². The van der Waals surface area contributed by atoms with Crippen molar-refractivity contribution in [2.24, 2.45) is 10.2 Å². The summed E-state index contributed by atoms with van der Waals surface area (Å²) < 4.78 is 0. The molecule has 1 heterocycles. The van der Waals surface area contributed by atoms with Gasteiger partial charge in [0, 0.05) is 11.6 Å². The summed E-state index contributed by atoms with van der Waals surface area (Å²) in [5.74, 6) is -0.516. The number of carbonyl (C=O) groups is 1. The number of rotatable bonds is 4. The van der Waals surface area contributed by atoms with E-state index in [9.17, 15) is 4.79 Å². The van der Waals surface area contributed by atoms with Crippen LogP contribution in [0, 0.1) is 11.3 Å². The molecule has 2 aromatic rings. The number of amides is 1. The van der Waals surface area contributed by atoms with Crippen LogP contribution in [0.15, 0.2) is 58.7 Å². The molecule has 2 aromatic carbocycles. The van der Waals surface area contributed by atoms with E-state index in [1.807, 2.05) is 18.2 Å². The van der Waals surface area contributed by atoms with Crippen LogP contribution in [-0.2, 0) is 4.79 Å². The standard InChI is InChI=1S/C18H14ClN5O/c19-15-7-5-14(6-8-15)16-11-22-23-17(16)18(25)24-21-10-13-3-1-12(9-20)2-4-13/h1-8,10,16,22H,11H2,(H,24,25)/b21-10-. The molecule has 25 heavy (non-hydrogen) atoms. The van der Waals surface area contributed by atoms with Gasteiger partial charge in [0.25, 0.3) is 5.91 Å². The van der Waals surface area contributed by atoms with Gasteiger partial charge < -0.3 is 5.43 Å². The Morgan fingerprint density at radius 1 is 1.28 bits per heavy atom. The van der Waals surface area contributed by atoms with Crippen LogP contribution >= 0.6 is 11.6 Å². The third-order valence-electron chi connectivity index (χ3n) is 3.75. The quantitative estimate of drug-likeness (QED) is 0.654. The fourth-order valence-electron chi connectivity index (χ4n) is 2.44. The molecule has 2 N–H and O–H groups in total. The number of hydrogen-bond acceptors (Lipinski definition) is 5. The molecule has 0 saturated carbocycles. The maximum absolute atomic E-state index is 12.3. The van der Waals surface area contributed by atoms with Crippen LogP contribution in [0.3, 0.4) is 0 Å². The molecule has 0 radical (unpaired) electrons. The van der Waals surface area contributed by atoms with Gasteiger partial charge in [-0.2, -0.15) is 15.5 Å². The summed E-state index contributed by atoms with van der Waals surface area (Å²) in [6.07, 6.45) is 1.51. The van der Waals surface area contributed by atoms with Crippen LogP contribution < -0.4 is 10.9 Å². The second-order valence-corrected chi connectivity index (χ2v) is 5.83. The van der Waals surface area contributed by atoms with Gasteiger partial charge in [-0.25, -0.2) is 5.43 Å². The number of hydrazone groups is 2. The zero-order valence-electron chi connectivity index (χ0n) is 13.1. The first kappa shape index (κ1) is 16.7. The molecule has 0 spiro atoms. The Hall–Kier alpha value is -3.17. The predicted octanol–water partition coefficient (Wildman–Crippen LogP) is 2.40. The monoisotopic (exact) mass is 351 g/mol. The molecular weight excluding hydrogens is 338 g/mol. The maximum Gasteiger partial charge on any atom is 0.288 e. The average Bonchev–Trinajstić information content (AvgIpc) is 3.13. The van der Waals surface area contributed by atoms with E-state index < -0.39 is 0 Å².